The van der Waals surface area contributed by atoms with Crippen LogP contribution in [-0.4, -0.2) is 19.1 Å². The molecule has 4 nitrogen and oxygen atoms in total. The van der Waals surface area contributed by atoms with Gasteiger partial charge in [0.15, 0.2) is 11.6 Å². The van der Waals surface area contributed by atoms with Crippen molar-refractivity contribution < 1.29 is 13.5 Å². The Bertz CT molecular complexity index is 552. The van der Waals surface area contributed by atoms with Crippen molar-refractivity contribution in [1.82, 2.24) is 4.98 Å². The van der Waals surface area contributed by atoms with Crippen LogP contribution in [0.15, 0.2) is 22.6 Å². The maximum absolute atomic E-state index is 13.5. The van der Waals surface area contributed by atoms with Crippen LogP contribution in [-0.2, 0) is 6.42 Å². The zero-order valence-corrected chi connectivity index (χ0v) is 10.6. The Labute approximate surface area is 105 Å². The maximum Gasteiger partial charge on any atom is 0.294 e. The first kappa shape index (κ1) is 12.4. The van der Waals surface area contributed by atoms with Gasteiger partial charge in [-0.25, -0.2) is 4.39 Å². The van der Waals surface area contributed by atoms with Crippen LogP contribution in [0.3, 0.4) is 0 Å². The maximum atomic E-state index is 13.5. The van der Waals surface area contributed by atoms with Gasteiger partial charge in [-0.15, -0.1) is 0 Å². The molecule has 5 heteroatoms. The molecule has 1 aromatic carbocycles. The van der Waals surface area contributed by atoms with E-state index in [0.29, 0.717) is 12.4 Å². The van der Waals surface area contributed by atoms with Gasteiger partial charge in [0.1, 0.15) is 5.76 Å². The number of hydrogen-bond acceptors (Lipinski definition) is 4. The van der Waals surface area contributed by atoms with Crippen molar-refractivity contribution in [2.75, 3.05) is 19.5 Å². The lowest BCUT2D eigenvalue weighted by atomic mass is 10.1. The van der Waals surface area contributed by atoms with E-state index >= 15 is 0 Å². The molecule has 2 aromatic rings. The van der Waals surface area contributed by atoms with Gasteiger partial charge in [-0.3, -0.25) is 0 Å². The lowest BCUT2D eigenvalue weighted by Gasteiger charge is -2.04. The second-order valence-corrected chi connectivity index (χ2v) is 3.92. The van der Waals surface area contributed by atoms with E-state index in [9.17, 15) is 4.39 Å². The number of nitrogens with zero attached hydrogens (tertiary/aromatic N) is 1. The Balaban J connectivity index is 2.22. The van der Waals surface area contributed by atoms with E-state index in [2.05, 4.69) is 10.3 Å². The second kappa shape index (κ2) is 5.08. The predicted octanol–water partition coefficient (Wildman–Crippen LogP) is 2.76. The highest BCUT2D eigenvalue weighted by Crippen LogP contribution is 2.22. The minimum atomic E-state index is -0.374. The number of halogens is 1. The predicted molar refractivity (Wildman–Crippen MR) is 66.5 cm³/mol. The minimum absolute atomic E-state index is 0.240. The van der Waals surface area contributed by atoms with Crippen molar-refractivity contribution in [2.24, 2.45) is 0 Å². The number of benzene rings is 1. The fraction of sp³-hybridized carbons (Fsp3) is 0.308. The summed E-state index contributed by atoms with van der Waals surface area (Å²) in [6.45, 7) is 1.86. The van der Waals surface area contributed by atoms with Crippen LogP contribution in [0, 0.1) is 12.7 Å². The summed E-state index contributed by atoms with van der Waals surface area (Å²) in [5.74, 6) is 0.592. The van der Waals surface area contributed by atoms with Crippen molar-refractivity contribution in [3.8, 4) is 5.75 Å². The number of methoxy groups -OCH3 is 1. The van der Waals surface area contributed by atoms with Crippen molar-refractivity contribution in [2.45, 2.75) is 13.3 Å². The highest BCUT2D eigenvalue weighted by Gasteiger charge is 2.11. The van der Waals surface area contributed by atoms with Gasteiger partial charge >= 0.3 is 0 Å². The number of anilines is 1. The summed E-state index contributed by atoms with van der Waals surface area (Å²) in [6, 6.07) is 5.33. The summed E-state index contributed by atoms with van der Waals surface area (Å²) in [6.07, 6.45) is 0.501. The first-order valence-electron chi connectivity index (χ1n) is 5.60. The quantitative estimate of drug-likeness (QED) is 0.906. The van der Waals surface area contributed by atoms with Crippen LogP contribution in [0.1, 0.15) is 17.0 Å². The Hall–Kier alpha value is -2.04. The van der Waals surface area contributed by atoms with Crippen LogP contribution in [0.2, 0.25) is 0 Å². The van der Waals surface area contributed by atoms with E-state index in [1.807, 2.05) is 13.0 Å². The zero-order valence-electron chi connectivity index (χ0n) is 10.6. The Morgan fingerprint density at radius 3 is 2.78 bits per heavy atom. The summed E-state index contributed by atoms with van der Waals surface area (Å²) in [7, 11) is 3.18. The molecule has 0 bridgehead atoms. The molecular weight excluding hydrogens is 235 g/mol. The fourth-order valence-electron chi connectivity index (χ4n) is 1.70. The summed E-state index contributed by atoms with van der Waals surface area (Å²) < 4.78 is 23.9. The third kappa shape index (κ3) is 2.45. The third-order valence-electron chi connectivity index (χ3n) is 2.69. The molecule has 0 aliphatic carbocycles. The van der Waals surface area contributed by atoms with E-state index in [1.54, 1.807) is 13.1 Å². The topological polar surface area (TPSA) is 47.3 Å². The van der Waals surface area contributed by atoms with Gasteiger partial charge < -0.3 is 14.5 Å². The van der Waals surface area contributed by atoms with Crippen molar-refractivity contribution in [1.29, 1.82) is 0 Å². The molecule has 18 heavy (non-hydrogen) atoms. The monoisotopic (exact) mass is 250 g/mol. The van der Waals surface area contributed by atoms with E-state index in [-0.39, 0.29) is 11.6 Å². The highest BCUT2D eigenvalue weighted by molar-refractivity contribution is 5.33. The number of nitrogens with one attached hydrogen (secondary N) is 1. The molecule has 0 saturated heterocycles. The molecule has 1 aromatic heterocycles. The summed E-state index contributed by atoms with van der Waals surface area (Å²) in [5.41, 5.74) is 1.62. The summed E-state index contributed by atoms with van der Waals surface area (Å²) in [5, 5.41) is 2.83. The standard InChI is InChI=1S/C13H15FN2O2/c1-8-12(18-13(15-2)16-8)7-9-4-5-11(17-3)10(14)6-9/h4-6H,7H2,1-3H3,(H,15,16). The highest BCUT2D eigenvalue weighted by atomic mass is 19.1. The number of rotatable bonds is 4. The smallest absolute Gasteiger partial charge is 0.294 e. The van der Waals surface area contributed by atoms with Crippen LogP contribution in [0.5, 0.6) is 5.75 Å². The molecule has 0 atom stereocenters. The largest absolute Gasteiger partial charge is 0.494 e. The Morgan fingerprint density at radius 2 is 2.22 bits per heavy atom. The molecular formula is C13H15FN2O2. The fourth-order valence-corrected chi connectivity index (χ4v) is 1.70. The normalized spacial score (nSPS) is 10.4. The van der Waals surface area contributed by atoms with Crippen molar-refractivity contribution in [3.05, 3.63) is 41.0 Å². The average Bonchev–Trinajstić information content (AvgIpc) is 2.70. The molecule has 0 radical (unpaired) electrons. The molecule has 0 spiro atoms. The number of ether oxygens (including phenoxy) is 1. The molecule has 1 heterocycles. The molecule has 0 amide bonds. The van der Waals surface area contributed by atoms with Gasteiger partial charge in [0.05, 0.1) is 12.8 Å². The molecule has 0 aliphatic rings. The molecule has 2 rings (SSSR count). The van der Waals surface area contributed by atoms with Gasteiger partial charge in [-0.2, -0.15) is 4.98 Å². The third-order valence-corrected chi connectivity index (χ3v) is 2.69. The molecule has 0 unspecified atom stereocenters. The summed E-state index contributed by atoms with van der Waals surface area (Å²) >= 11 is 0. The van der Waals surface area contributed by atoms with Gasteiger partial charge in [0.2, 0.25) is 0 Å². The van der Waals surface area contributed by atoms with E-state index in [1.165, 1.54) is 13.2 Å². The Morgan fingerprint density at radius 1 is 1.44 bits per heavy atom. The van der Waals surface area contributed by atoms with E-state index in [0.717, 1.165) is 17.0 Å². The zero-order chi connectivity index (χ0) is 13.1. The number of oxazole rings is 1. The second-order valence-electron chi connectivity index (χ2n) is 3.92. The van der Waals surface area contributed by atoms with Gasteiger partial charge in [0, 0.05) is 13.5 Å². The number of aryl methyl sites for hydroxylation is 1. The van der Waals surface area contributed by atoms with Crippen LogP contribution in [0.25, 0.3) is 0 Å². The first-order valence-corrected chi connectivity index (χ1v) is 5.60. The first-order chi connectivity index (χ1) is 8.63. The minimum Gasteiger partial charge on any atom is -0.494 e. The average molecular weight is 250 g/mol. The van der Waals surface area contributed by atoms with E-state index < -0.39 is 0 Å². The van der Waals surface area contributed by atoms with Crippen LogP contribution in [0.4, 0.5) is 10.4 Å². The van der Waals surface area contributed by atoms with E-state index in [4.69, 9.17) is 9.15 Å². The van der Waals surface area contributed by atoms with Crippen LogP contribution < -0.4 is 10.1 Å². The number of hydrogen-bond donors (Lipinski definition) is 1. The molecule has 0 aliphatic heterocycles. The number of aromatic nitrogens is 1. The van der Waals surface area contributed by atoms with Crippen molar-refractivity contribution in [3.63, 3.8) is 0 Å². The lowest BCUT2D eigenvalue weighted by Crippen LogP contribution is -1.93. The van der Waals surface area contributed by atoms with Crippen molar-refractivity contribution >= 4 is 6.01 Å². The molecule has 0 saturated carbocycles. The molecule has 1 N–H and O–H groups in total. The molecule has 0 fully saturated rings. The van der Waals surface area contributed by atoms with Gasteiger partial charge in [0.25, 0.3) is 6.01 Å². The SMILES string of the molecule is CNc1nc(C)c(Cc2ccc(OC)c(F)c2)o1. The van der Waals surface area contributed by atoms with Crippen LogP contribution >= 0.6 is 0 Å². The summed E-state index contributed by atoms with van der Waals surface area (Å²) in [4.78, 5) is 4.19. The molecule has 96 valence electrons. The van der Waals surface area contributed by atoms with Gasteiger partial charge in [-0.05, 0) is 24.6 Å². The lowest BCUT2D eigenvalue weighted by molar-refractivity contribution is 0.386. The van der Waals surface area contributed by atoms with Gasteiger partial charge in [-0.1, -0.05) is 6.07 Å². The Kier molecular flexibility index (Phi) is 3.50.